The number of halogens is 3. The summed E-state index contributed by atoms with van der Waals surface area (Å²) < 4.78 is 31.7. The van der Waals surface area contributed by atoms with Crippen molar-refractivity contribution >= 4 is 11.6 Å². The third-order valence-corrected chi connectivity index (χ3v) is 2.51. The van der Waals surface area contributed by atoms with Gasteiger partial charge in [0.05, 0.1) is 5.88 Å². The molecule has 0 heterocycles. The number of benzene rings is 2. The number of hydrogen-bond donors (Lipinski definition) is 0. The summed E-state index contributed by atoms with van der Waals surface area (Å²) in [6, 6.07) is 9.95. The normalized spacial score (nSPS) is 10.3. The Labute approximate surface area is 103 Å². The Kier molecular flexibility index (Phi) is 3.59. The fraction of sp³-hybridized carbons (Fsp3) is 0.0769. The van der Waals surface area contributed by atoms with Crippen molar-refractivity contribution in [1.82, 2.24) is 0 Å². The van der Waals surface area contributed by atoms with Crippen LogP contribution < -0.4 is 4.74 Å². The zero-order valence-electron chi connectivity index (χ0n) is 8.79. The number of ether oxygens (including phenoxy) is 1. The minimum absolute atomic E-state index is 0.0884. The monoisotopic (exact) mass is 254 g/mol. The van der Waals surface area contributed by atoms with Crippen LogP contribution in [0, 0.1) is 11.6 Å². The lowest BCUT2D eigenvalue weighted by atomic mass is 10.2. The van der Waals surface area contributed by atoms with Gasteiger partial charge in [0.15, 0.2) is 11.6 Å². The smallest absolute Gasteiger partial charge is 0.165 e. The molecule has 0 atom stereocenters. The standard InChI is InChI=1S/C13H9ClF2O/c14-8-9-7-10(15)5-6-12(9)17-13-4-2-1-3-11(13)16/h1-7H,8H2. The molecular weight excluding hydrogens is 246 g/mol. The van der Waals surface area contributed by atoms with Crippen LogP contribution in [-0.4, -0.2) is 0 Å². The van der Waals surface area contributed by atoms with Gasteiger partial charge in [-0.1, -0.05) is 12.1 Å². The summed E-state index contributed by atoms with van der Waals surface area (Å²) in [4.78, 5) is 0. The van der Waals surface area contributed by atoms with Crippen LogP contribution in [0.15, 0.2) is 42.5 Å². The van der Waals surface area contributed by atoms with Crippen molar-refractivity contribution in [2.45, 2.75) is 5.88 Å². The predicted octanol–water partition coefficient (Wildman–Crippen LogP) is 4.50. The van der Waals surface area contributed by atoms with E-state index < -0.39 is 11.6 Å². The van der Waals surface area contributed by atoms with E-state index in [2.05, 4.69) is 0 Å². The van der Waals surface area contributed by atoms with Crippen molar-refractivity contribution in [3.63, 3.8) is 0 Å². The quantitative estimate of drug-likeness (QED) is 0.733. The molecule has 17 heavy (non-hydrogen) atoms. The molecule has 0 saturated carbocycles. The van der Waals surface area contributed by atoms with E-state index in [1.807, 2.05) is 0 Å². The molecule has 0 fully saturated rings. The lowest BCUT2D eigenvalue weighted by Crippen LogP contribution is -1.92. The maximum atomic E-state index is 13.4. The van der Waals surface area contributed by atoms with Gasteiger partial charge < -0.3 is 4.74 Å². The fourth-order valence-corrected chi connectivity index (χ4v) is 1.61. The van der Waals surface area contributed by atoms with E-state index in [1.54, 1.807) is 12.1 Å². The number of hydrogen-bond acceptors (Lipinski definition) is 1. The van der Waals surface area contributed by atoms with Crippen molar-refractivity contribution in [2.24, 2.45) is 0 Å². The molecular formula is C13H9ClF2O. The van der Waals surface area contributed by atoms with Crippen molar-refractivity contribution in [1.29, 1.82) is 0 Å². The van der Waals surface area contributed by atoms with Crippen LogP contribution in [0.4, 0.5) is 8.78 Å². The van der Waals surface area contributed by atoms with E-state index in [4.69, 9.17) is 16.3 Å². The SMILES string of the molecule is Fc1ccc(Oc2ccccc2F)c(CCl)c1. The van der Waals surface area contributed by atoms with Gasteiger partial charge in [0.2, 0.25) is 0 Å². The Morgan fingerprint density at radius 2 is 1.76 bits per heavy atom. The minimum Gasteiger partial charge on any atom is -0.454 e. The molecule has 88 valence electrons. The molecule has 0 spiro atoms. The number of alkyl halides is 1. The van der Waals surface area contributed by atoms with E-state index in [0.29, 0.717) is 11.3 Å². The third kappa shape index (κ3) is 2.74. The number of para-hydroxylation sites is 1. The molecule has 0 N–H and O–H groups in total. The van der Waals surface area contributed by atoms with Crippen molar-refractivity contribution < 1.29 is 13.5 Å². The first-order valence-corrected chi connectivity index (χ1v) is 5.51. The highest BCUT2D eigenvalue weighted by atomic mass is 35.5. The molecule has 4 heteroatoms. The van der Waals surface area contributed by atoms with Gasteiger partial charge in [0, 0.05) is 5.56 Å². The molecule has 0 saturated heterocycles. The van der Waals surface area contributed by atoms with Gasteiger partial charge in [-0.2, -0.15) is 0 Å². The third-order valence-electron chi connectivity index (χ3n) is 2.22. The maximum absolute atomic E-state index is 13.4. The maximum Gasteiger partial charge on any atom is 0.165 e. The predicted molar refractivity (Wildman–Crippen MR) is 62.4 cm³/mol. The Bertz CT molecular complexity index is 529. The van der Waals surface area contributed by atoms with Gasteiger partial charge in [-0.25, -0.2) is 8.78 Å². The van der Waals surface area contributed by atoms with E-state index in [1.165, 1.54) is 30.3 Å². The molecule has 1 nitrogen and oxygen atoms in total. The minimum atomic E-state index is -0.475. The molecule has 0 aliphatic rings. The van der Waals surface area contributed by atoms with Crippen molar-refractivity contribution in [3.05, 3.63) is 59.7 Å². The van der Waals surface area contributed by atoms with Gasteiger partial charge in [-0.05, 0) is 30.3 Å². The molecule has 0 radical (unpaired) electrons. The molecule has 0 bridgehead atoms. The molecule has 0 amide bonds. The Balaban J connectivity index is 2.33. The second kappa shape index (κ2) is 5.15. The zero-order valence-corrected chi connectivity index (χ0v) is 9.55. The summed E-state index contributed by atoms with van der Waals surface area (Å²) in [6.45, 7) is 0. The van der Waals surface area contributed by atoms with Gasteiger partial charge >= 0.3 is 0 Å². The van der Waals surface area contributed by atoms with Crippen LogP contribution in [0.1, 0.15) is 5.56 Å². The summed E-state index contributed by atoms with van der Waals surface area (Å²) in [5.41, 5.74) is 0.481. The Morgan fingerprint density at radius 3 is 2.47 bits per heavy atom. The largest absolute Gasteiger partial charge is 0.454 e. The van der Waals surface area contributed by atoms with Crippen LogP contribution in [0.3, 0.4) is 0 Å². The van der Waals surface area contributed by atoms with E-state index in [9.17, 15) is 8.78 Å². The van der Waals surface area contributed by atoms with Gasteiger partial charge in [-0.15, -0.1) is 11.6 Å². The summed E-state index contributed by atoms with van der Waals surface area (Å²) in [5, 5.41) is 0. The Hall–Kier alpha value is -1.61. The topological polar surface area (TPSA) is 9.23 Å². The van der Waals surface area contributed by atoms with Crippen LogP contribution in [-0.2, 0) is 5.88 Å². The summed E-state index contributed by atoms with van der Waals surface area (Å²) >= 11 is 5.67. The van der Waals surface area contributed by atoms with Crippen LogP contribution >= 0.6 is 11.6 Å². The van der Waals surface area contributed by atoms with E-state index >= 15 is 0 Å². The van der Waals surface area contributed by atoms with Gasteiger partial charge in [0.1, 0.15) is 11.6 Å². The molecule has 0 aromatic heterocycles. The molecule has 2 aromatic carbocycles. The molecule has 0 aliphatic heterocycles. The Morgan fingerprint density at radius 1 is 1.00 bits per heavy atom. The summed E-state index contributed by atoms with van der Waals surface area (Å²) in [7, 11) is 0. The van der Waals surface area contributed by atoms with Crippen LogP contribution in [0.25, 0.3) is 0 Å². The van der Waals surface area contributed by atoms with Gasteiger partial charge in [0.25, 0.3) is 0 Å². The van der Waals surface area contributed by atoms with Crippen LogP contribution in [0.2, 0.25) is 0 Å². The first-order chi connectivity index (χ1) is 8.20. The average molecular weight is 255 g/mol. The fourth-order valence-electron chi connectivity index (χ4n) is 1.40. The molecule has 0 unspecified atom stereocenters. The molecule has 0 aliphatic carbocycles. The number of rotatable bonds is 3. The highest BCUT2D eigenvalue weighted by molar-refractivity contribution is 6.17. The van der Waals surface area contributed by atoms with Crippen molar-refractivity contribution in [3.8, 4) is 11.5 Å². The highest BCUT2D eigenvalue weighted by Crippen LogP contribution is 2.28. The second-order valence-corrected chi connectivity index (χ2v) is 3.69. The van der Waals surface area contributed by atoms with E-state index in [-0.39, 0.29) is 11.6 Å². The first kappa shape index (κ1) is 11.9. The highest BCUT2D eigenvalue weighted by Gasteiger charge is 2.08. The van der Waals surface area contributed by atoms with Gasteiger partial charge in [-0.3, -0.25) is 0 Å². The zero-order chi connectivity index (χ0) is 12.3. The first-order valence-electron chi connectivity index (χ1n) is 4.97. The average Bonchev–Trinajstić information content (AvgIpc) is 2.34. The lowest BCUT2D eigenvalue weighted by molar-refractivity contribution is 0.438. The lowest BCUT2D eigenvalue weighted by Gasteiger charge is -2.10. The van der Waals surface area contributed by atoms with Crippen molar-refractivity contribution in [2.75, 3.05) is 0 Å². The molecule has 2 rings (SSSR count). The summed E-state index contributed by atoms with van der Waals surface area (Å²) in [6.07, 6.45) is 0. The summed E-state index contributed by atoms with van der Waals surface area (Å²) in [5.74, 6) is -0.336. The van der Waals surface area contributed by atoms with E-state index in [0.717, 1.165) is 0 Å². The molecule has 2 aromatic rings. The van der Waals surface area contributed by atoms with Crippen LogP contribution in [0.5, 0.6) is 11.5 Å². The second-order valence-electron chi connectivity index (χ2n) is 3.42.